The van der Waals surface area contributed by atoms with Crippen molar-refractivity contribution < 1.29 is 14.3 Å². The first-order valence-electron chi connectivity index (χ1n) is 6.84. The lowest BCUT2D eigenvalue weighted by Crippen LogP contribution is -2.57. The van der Waals surface area contributed by atoms with Crippen molar-refractivity contribution in [2.45, 2.75) is 25.9 Å². The third-order valence-corrected chi connectivity index (χ3v) is 3.70. The Morgan fingerprint density at radius 2 is 1.85 bits per heavy atom. The van der Waals surface area contributed by atoms with Crippen molar-refractivity contribution in [1.82, 2.24) is 10.2 Å². The second-order valence-corrected chi connectivity index (χ2v) is 5.11. The van der Waals surface area contributed by atoms with Gasteiger partial charge >= 0.3 is 0 Å². The molecule has 20 heavy (non-hydrogen) atoms. The number of nitrogens with one attached hydrogen (secondary N) is 1. The molecule has 2 rings (SSSR count). The van der Waals surface area contributed by atoms with Crippen LogP contribution in [0.1, 0.15) is 24.2 Å². The lowest BCUT2D eigenvalue weighted by molar-refractivity contribution is 0.0540. The summed E-state index contributed by atoms with van der Waals surface area (Å²) >= 11 is 0. The zero-order valence-corrected chi connectivity index (χ0v) is 12.5. The Labute approximate surface area is 119 Å². The molecule has 0 saturated carbocycles. The van der Waals surface area contributed by atoms with Crippen molar-refractivity contribution in [1.29, 1.82) is 0 Å². The predicted molar refractivity (Wildman–Crippen MR) is 77.5 cm³/mol. The predicted octanol–water partition coefficient (Wildman–Crippen LogP) is 1.53. The third-order valence-electron chi connectivity index (χ3n) is 3.70. The lowest BCUT2D eigenvalue weighted by atomic mass is 10.1. The molecule has 110 valence electrons. The number of carbonyl (C=O) groups excluding carboxylic acids is 1. The second kappa shape index (κ2) is 6.13. The molecule has 1 saturated heterocycles. The number of rotatable bonds is 3. The van der Waals surface area contributed by atoms with E-state index >= 15 is 0 Å². The quantitative estimate of drug-likeness (QED) is 0.911. The van der Waals surface area contributed by atoms with Gasteiger partial charge in [-0.3, -0.25) is 4.79 Å². The van der Waals surface area contributed by atoms with E-state index in [1.807, 2.05) is 24.8 Å². The molecule has 0 radical (unpaired) electrons. The van der Waals surface area contributed by atoms with Crippen LogP contribution >= 0.6 is 0 Å². The first-order valence-corrected chi connectivity index (χ1v) is 6.84. The SMILES string of the molecule is COc1cccc(C(=O)N2C(C)CNCC2C)c1OC. The van der Waals surface area contributed by atoms with Gasteiger partial charge in [-0.2, -0.15) is 0 Å². The number of nitrogens with zero attached hydrogens (tertiary/aromatic N) is 1. The van der Waals surface area contributed by atoms with E-state index in [0.29, 0.717) is 17.1 Å². The van der Waals surface area contributed by atoms with Crippen LogP contribution in [0.2, 0.25) is 0 Å². The van der Waals surface area contributed by atoms with E-state index in [1.165, 1.54) is 0 Å². The molecular weight excluding hydrogens is 256 g/mol. The molecule has 1 aromatic carbocycles. The molecule has 0 aliphatic carbocycles. The van der Waals surface area contributed by atoms with Gasteiger partial charge in [-0.15, -0.1) is 0 Å². The third kappa shape index (κ3) is 2.58. The standard InChI is InChI=1S/C15H22N2O3/c1-10-8-16-9-11(2)17(10)15(18)12-6-5-7-13(19-3)14(12)20-4/h5-7,10-11,16H,8-9H2,1-4H3. The molecular formula is C15H22N2O3. The summed E-state index contributed by atoms with van der Waals surface area (Å²) in [4.78, 5) is 14.7. The highest BCUT2D eigenvalue weighted by Crippen LogP contribution is 2.32. The summed E-state index contributed by atoms with van der Waals surface area (Å²) in [6.07, 6.45) is 0. The van der Waals surface area contributed by atoms with Gasteiger partial charge in [0.2, 0.25) is 0 Å². The van der Waals surface area contributed by atoms with Crippen LogP contribution in [-0.4, -0.2) is 50.2 Å². The molecule has 1 aliphatic heterocycles. The summed E-state index contributed by atoms with van der Waals surface area (Å²) in [6.45, 7) is 5.71. The average Bonchev–Trinajstić information content (AvgIpc) is 2.45. The normalized spacial score (nSPS) is 22.5. The summed E-state index contributed by atoms with van der Waals surface area (Å²) in [7, 11) is 3.13. The van der Waals surface area contributed by atoms with Crippen molar-refractivity contribution in [3.8, 4) is 11.5 Å². The van der Waals surface area contributed by atoms with E-state index < -0.39 is 0 Å². The minimum Gasteiger partial charge on any atom is -0.493 e. The Hall–Kier alpha value is -1.75. The van der Waals surface area contributed by atoms with Crippen molar-refractivity contribution >= 4 is 5.91 Å². The number of benzene rings is 1. The molecule has 5 heteroatoms. The second-order valence-electron chi connectivity index (χ2n) is 5.11. The zero-order chi connectivity index (χ0) is 14.7. The average molecular weight is 278 g/mol. The number of hydrogen-bond acceptors (Lipinski definition) is 4. The number of amides is 1. The first kappa shape index (κ1) is 14.7. The molecule has 1 N–H and O–H groups in total. The first-order chi connectivity index (χ1) is 9.60. The van der Waals surface area contributed by atoms with E-state index in [9.17, 15) is 4.79 Å². The van der Waals surface area contributed by atoms with Gasteiger partial charge in [0.15, 0.2) is 11.5 Å². The van der Waals surface area contributed by atoms with Gasteiger partial charge in [-0.25, -0.2) is 0 Å². The summed E-state index contributed by atoms with van der Waals surface area (Å²) in [5, 5.41) is 3.32. The smallest absolute Gasteiger partial charge is 0.258 e. The monoisotopic (exact) mass is 278 g/mol. The molecule has 0 bridgehead atoms. The highest BCUT2D eigenvalue weighted by Gasteiger charge is 2.31. The molecule has 2 atom stereocenters. The van der Waals surface area contributed by atoms with Gasteiger partial charge in [-0.05, 0) is 26.0 Å². The summed E-state index contributed by atoms with van der Waals surface area (Å²) in [6, 6.07) is 5.70. The van der Waals surface area contributed by atoms with Crippen LogP contribution < -0.4 is 14.8 Å². The maximum atomic E-state index is 12.8. The molecule has 1 fully saturated rings. The highest BCUT2D eigenvalue weighted by atomic mass is 16.5. The Morgan fingerprint density at radius 1 is 1.20 bits per heavy atom. The number of para-hydroxylation sites is 1. The molecule has 5 nitrogen and oxygen atoms in total. The van der Waals surface area contributed by atoms with Gasteiger partial charge < -0.3 is 19.7 Å². The maximum Gasteiger partial charge on any atom is 0.258 e. The summed E-state index contributed by atoms with van der Waals surface area (Å²) in [5.74, 6) is 1.06. The minimum atomic E-state index is -0.0118. The zero-order valence-electron chi connectivity index (χ0n) is 12.5. The molecule has 1 heterocycles. The van der Waals surface area contributed by atoms with Gasteiger partial charge in [0.05, 0.1) is 19.8 Å². The van der Waals surface area contributed by atoms with Crippen LogP contribution in [0.5, 0.6) is 11.5 Å². The number of carbonyl (C=O) groups is 1. The maximum absolute atomic E-state index is 12.8. The molecule has 0 aromatic heterocycles. The van der Waals surface area contributed by atoms with Gasteiger partial charge in [0, 0.05) is 25.2 Å². The minimum absolute atomic E-state index is 0.0118. The Morgan fingerprint density at radius 3 is 2.40 bits per heavy atom. The number of piperazine rings is 1. The van der Waals surface area contributed by atoms with E-state index in [2.05, 4.69) is 5.32 Å². The molecule has 1 amide bonds. The Balaban J connectivity index is 2.37. The molecule has 0 spiro atoms. The summed E-state index contributed by atoms with van der Waals surface area (Å²) in [5.41, 5.74) is 0.549. The van der Waals surface area contributed by atoms with Crippen LogP contribution in [0.15, 0.2) is 18.2 Å². The van der Waals surface area contributed by atoms with Crippen molar-refractivity contribution in [3.05, 3.63) is 23.8 Å². The fourth-order valence-electron chi connectivity index (χ4n) is 2.73. The van der Waals surface area contributed by atoms with Crippen LogP contribution in [0.25, 0.3) is 0 Å². The van der Waals surface area contributed by atoms with Gasteiger partial charge in [-0.1, -0.05) is 6.07 Å². The number of hydrogen-bond donors (Lipinski definition) is 1. The molecule has 2 unspecified atom stereocenters. The number of ether oxygens (including phenoxy) is 2. The van der Waals surface area contributed by atoms with Crippen molar-refractivity contribution in [3.63, 3.8) is 0 Å². The van der Waals surface area contributed by atoms with E-state index in [4.69, 9.17) is 9.47 Å². The largest absolute Gasteiger partial charge is 0.493 e. The Kier molecular flexibility index (Phi) is 4.49. The van der Waals surface area contributed by atoms with Crippen LogP contribution in [-0.2, 0) is 0 Å². The van der Waals surface area contributed by atoms with E-state index in [1.54, 1.807) is 26.4 Å². The fourth-order valence-corrected chi connectivity index (χ4v) is 2.73. The van der Waals surface area contributed by atoms with Crippen molar-refractivity contribution in [2.24, 2.45) is 0 Å². The fraction of sp³-hybridized carbons (Fsp3) is 0.533. The van der Waals surface area contributed by atoms with Gasteiger partial charge in [0.1, 0.15) is 0 Å². The van der Waals surface area contributed by atoms with E-state index in [-0.39, 0.29) is 18.0 Å². The summed E-state index contributed by atoms with van der Waals surface area (Å²) < 4.78 is 10.6. The molecule has 1 aliphatic rings. The van der Waals surface area contributed by atoms with Gasteiger partial charge in [0.25, 0.3) is 5.91 Å². The van der Waals surface area contributed by atoms with E-state index in [0.717, 1.165) is 13.1 Å². The van der Waals surface area contributed by atoms with Crippen LogP contribution in [0.4, 0.5) is 0 Å². The number of methoxy groups -OCH3 is 2. The van der Waals surface area contributed by atoms with Crippen LogP contribution in [0.3, 0.4) is 0 Å². The lowest BCUT2D eigenvalue weighted by Gasteiger charge is -2.39. The van der Waals surface area contributed by atoms with Crippen molar-refractivity contribution in [2.75, 3.05) is 27.3 Å². The Bertz CT molecular complexity index is 480. The molecule has 1 aromatic rings. The topological polar surface area (TPSA) is 50.8 Å². The van der Waals surface area contributed by atoms with Crippen LogP contribution in [0, 0.1) is 0 Å². The highest BCUT2D eigenvalue weighted by molar-refractivity contribution is 5.98.